The highest BCUT2D eigenvalue weighted by atomic mass is 35.5. The molecule has 2 aliphatic heterocycles. The van der Waals surface area contributed by atoms with Gasteiger partial charge in [-0.05, 0) is 62.9 Å². The quantitative estimate of drug-likeness (QED) is 0.799. The summed E-state index contributed by atoms with van der Waals surface area (Å²) in [6.07, 6.45) is 7.85. The van der Waals surface area contributed by atoms with E-state index in [2.05, 4.69) is 20.4 Å². The van der Waals surface area contributed by atoms with E-state index in [9.17, 15) is 4.79 Å². The Balaban J connectivity index is 1.45. The number of carbonyl (C=O) groups excluding carboxylic acids is 1. The number of nitrogens with one attached hydrogen (secondary N) is 2. The first-order valence-electron chi connectivity index (χ1n) is 10.1. The standard InChI is InChI=1S/C21H27ClN4O2/c1-28-19-8-7-14(11-17(19)22)20-16(13-24-25-20)21(27)23-12-15-5-4-10-26-9-3-2-6-18(15)26/h7-8,11,13,15,18H,2-6,9-10,12H2,1H3,(H,23,27)(H,24,25). The molecule has 1 aromatic carbocycles. The number of hydrogen-bond donors (Lipinski definition) is 2. The van der Waals surface area contributed by atoms with Crippen LogP contribution in [-0.2, 0) is 0 Å². The minimum absolute atomic E-state index is 0.0939. The zero-order chi connectivity index (χ0) is 19.5. The topological polar surface area (TPSA) is 70.2 Å². The number of fused-ring (bicyclic) bond motifs is 1. The van der Waals surface area contributed by atoms with Crippen LogP contribution in [0.15, 0.2) is 24.4 Å². The molecular formula is C21H27ClN4O2. The van der Waals surface area contributed by atoms with Crippen LogP contribution in [0.2, 0.25) is 5.02 Å². The fourth-order valence-corrected chi connectivity index (χ4v) is 4.89. The number of aromatic nitrogens is 2. The van der Waals surface area contributed by atoms with Gasteiger partial charge in [-0.3, -0.25) is 9.89 Å². The Labute approximate surface area is 170 Å². The van der Waals surface area contributed by atoms with Crippen molar-refractivity contribution < 1.29 is 9.53 Å². The number of hydrogen-bond acceptors (Lipinski definition) is 4. The number of piperidine rings is 2. The molecule has 7 heteroatoms. The maximum absolute atomic E-state index is 12.9. The Bertz CT molecular complexity index is 836. The molecule has 2 aliphatic rings. The zero-order valence-corrected chi connectivity index (χ0v) is 17.0. The van der Waals surface area contributed by atoms with Gasteiger partial charge in [0.05, 0.1) is 29.6 Å². The monoisotopic (exact) mass is 402 g/mol. The molecule has 2 unspecified atom stereocenters. The maximum Gasteiger partial charge on any atom is 0.255 e. The number of carbonyl (C=O) groups is 1. The summed E-state index contributed by atoms with van der Waals surface area (Å²) < 4.78 is 5.20. The van der Waals surface area contributed by atoms with Crippen LogP contribution in [0.3, 0.4) is 0 Å². The van der Waals surface area contributed by atoms with Gasteiger partial charge in [-0.25, -0.2) is 0 Å². The Morgan fingerprint density at radius 1 is 1.32 bits per heavy atom. The molecule has 2 N–H and O–H groups in total. The van der Waals surface area contributed by atoms with Gasteiger partial charge in [-0.2, -0.15) is 5.10 Å². The first-order valence-corrected chi connectivity index (χ1v) is 10.4. The van der Waals surface area contributed by atoms with Crippen LogP contribution in [0.1, 0.15) is 42.5 Å². The Morgan fingerprint density at radius 3 is 3.00 bits per heavy atom. The molecule has 0 bridgehead atoms. The SMILES string of the molecule is COc1ccc(-c2[nH]ncc2C(=O)NCC2CCCN3CCCCC23)cc1Cl. The second-order valence-electron chi connectivity index (χ2n) is 7.72. The summed E-state index contributed by atoms with van der Waals surface area (Å²) in [6, 6.07) is 6.06. The van der Waals surface area contributed by atoms with Crippen LogP contribution >= 0.6 is 11.6 Å². The summed E-state index contributed by atoms with van der Waals surface area (Å²) in [5.41, 5.74) is 2.02. The number of methoxy groups -OCH3 is 1. The molecular weight excluding hydrogens is 376 g/mol. The molecule has 0 spiro atoms. The molecule has 2 aromatic rings. The molecule has 2 atom stereocenters. The fourth-order valence-electron chi connectivity index (χ4n) is 4.63. The summed E-state index contributed by atoms with van der Waals surface area (Å²) >= 11 is 6.24. The summed E-state index contributed by atoms with van der Waals surface area (Å²) in [6.45, 7) is 3.13. The lowest BCUT2D eigenvalue weighted by molar-refractivity contribution is 0.0576. The van der Waals surface area contributed by atoms with E-state index in [4.69, 9.17) is 16.3 Å². The highest BCUT2D eigenvalue weighted by molar-refractivity contribution is 6.32. The zero-order valence-electron chi connectivity index (χ0n) is 16.2. The summed E-state index contributed by atoms with van der Waals surface area (Å²) in [5, 5.41) is 10.7. The van der Waals surface area contributed by atoms with Crippen molar-refractivity contribution in [1.29, 1.82) is 0 Å². The van der Waals surface area contributed by atoms with Crippen molar-refractivity contribution in [3.8, 4) is 17.0 Å². The summed E-state index contributed by atoms with van der Waals surface area (Å²) in [7, 11) is 1.58. The number of H-pyrrole nitrogens is 1. The van der Waals surface area contributed by atoms with Crippen molar-refractivity contribution >= 4 is 17.5 Å². The third-order valence-electron chi connectivity index (χ3n) is 6.08. The third kappa shape index (κ3) is 3.89. The van der Waals surface area contributed by atoms with E-state index in [0.717, 1.165) is 5.56 Å². The van der Waals surface area contributed by atoms with Crippen molar-refractivity contribution in [3.05, 3.63) is 35.0 Å². The van der Waals surface area contributed by atoms with Crippen molar-refractivity contribution in [1.82, 2.24) is 20.4 Å². The van der Waals surface area contributed by atoms with Gasteiger partial charge in [-0.15, -0.1) is 0 Å². The number of rotatable bonds is 5. The lowest BCUT2D eigenvalue weighted by Crippen LogP contribution is -2.51. The average Bonchev–Trinajstić information content (AvgIpc) is 3.22. The second-order valence-corrected chi connectivity index (χ2v) is 8.13. The number of ether oxygens (including phenoxy) is 1. The van der Waals surface area contributed by atoms with Gasteiger partial charge < -0.3 is 15.0 Å². The van der Waals surface area contributed by atoms with Crippen molar-refractivity contribution in [2.75, 3.05) is 26.7 Å². The van der Waals surface area contributed by atoms with Crippen molar-refractivity contribution in [2.45, 2.75) is 38.1 Å². The molecule has 2 saturated heterocycles. The minimum atomic E-state index is -0.0939. The summed E-state index contributed by atoms with van der Waals surface area (Å²) in [5.74, 6) is 1.04. The number of nitrogens with zero attached hydrogens (tertiary/aromatic N) is 2. The smallest absolute Gasteiger partial charge is 0.255 e. The fraction of sp³-hybridized carbons (Fsp3) is 0.524. The molecule has 0 saturated carbocycles. The number of halogens is 1. The highest BCUT2D eigenvalue weighted by Crippen LogP contribution is 2.32. The normalized spacial score (nSPS) is 22.5. The lowest BCUT2D eigenvalue weighted by atomic mass is 9.83. The third-order valence-corrected chi connectivity index (χ3v) is 6.37. The molecule has 4 rings (SSSR count). The molecule has 2 fully saturated rings. The predicted molar refractivity (Wildman–Crippen MR) is 110 cm³/mol. The van der Waals surface area contributed by atoms with E-state index in [1.54, 1.807) is 25.4 Å². The Hall–Kier alpha value is -2.05. The Kier molecular flexibility index (Phi) is 5.87. The van der Waals surface area contributed by atoms with Crippen LogP contribution in [-0.4, -0.2) is 53.8 Å². The van der Waals surface area contributed by atoms with Gasteiger partial charge in [0.1, 0.15) is 5.75 Å². The molecule has 0 aliphatic carbocycles. The van der Waals surface area contributed by atoms with Gasteiger partial charge in [-0.1, -0.05) is 18.0 Å². The molecule has 6 nitrogen and oxygen atoms in total. The van der Waals surface area contributed by atoms with Gasteiger partial charge >= 0.3 is 0 Å². The van der Waals surface area contributed by atoms with Crippen LogP contribution in [0.4, 0.5) is 0 Å². The molecule has 150 valence electrons. The first-order chi connectivity index (χ1) is 13.7. The molecule has 1 aromatic heterocycles. The summed E-state index contributed by atoms with van der Waals surface area (Å²) in [4.78, 5) is 15.5. The van der Waals surface area contributed by atoms with Crippen LogP contribution < -0.4 is 10.1 Å². The Morgan fingerprint density at radius 2 is 2.18 bits per heavy atom. The van der Waals surface area contributed by atoms with Crippen molar-refractivity contribution in [2.24, 2.45) is 5.92 Å². The second kappa shape index (κ2) is 8.53. The van der Waals surface area contributed by atoms with E-state index >= 15 is 0 Å². The van der Waals surface area contributed by atoms with Crippen LogP contribution in [0.25, 0.3) is 11.3 Å². The van der Waals surface area contributed by atoms with E-state index in [1.165, 1.54) is 45.2 Å². The molecule has 28 heavy (non-hydrogen) atoms. The van der Waals surface area contributed by atoms with Crippen LogP contribution in [0.5, 0.6) is 5.75 Å². The predicted octanol–water partition coefficient (Wildman–Crippen LogP) is 3.73. The van der Waals surface area contributed by atoms with E-state index in [0.29, 0.717) is 40.5 Å². The number of amides is 1. The first kappa shape index (κ1) is 19.3. The van der Waals surface area contributed by atoms with Crippen LogP contribution in [0, 0.1) is 5.92 Å². The van der Waals surface area contributed by atoms with Crippen molar-refractivity contribution in [3.63, 3.8) is 0 Å². The highest BCUT2D eigenvalue weighted by Gasteiger charge is 2.33. The van der Waals surface area contributed by atoms with E-state index < -0.39 is 0 Å². The average molecular weight is 403 g/mol. The lowest BCUT2D eigenvalue weighted by Gasteiger charge is -2.44. The number of aromatic amines is 1. The molecule has 3 heterocycles. The van der Waals surface area contributed by atoms with Gasteiger partial charge in [0, 0.05) is 18.2 Å². The van der Waals surface area contributed by atoms with Gasteiger partial charge in [0.15, 0.2) is 0 Å². The van der Waals surface area contributed by atoms with Gasteiger partial charge in [0.25, 0.3) is 5.91 Å². The van der Waals surface area contributed by atoms with E-state index in [1.807, 2.05) is 6.07 Å². The number of benzene rings is 1. The van der Waals surface area contributed by atoms with E-state index in [-0.39, 0.29) is 5.91 Å². The maximum atomic E-state index is 12.9. The minimum Gasteiger partial charge on any atom is -0.495 e. The molecule has 1 amide bonds. The van der Waals surface area contributed by atoms with Gasteiger partial charge in [0.2, 0.25) is 0 Å². The largest absolute Gasteiger partial charge is 0.495 e. The molecule has 0 radical (unpaired) electrons.